The van der Waals surface area contributed by atoms with Crippen LogP contribution in [0.5, 0.6) is 0 Å². The van der Waals surface area contributed by atoms with Crippen molar-refractivity contribution < 1.29 is 5.11 Å². The molecule has 0 bridgehead atoms. The maximum absolute atomic E-state index is 12.6. The first-order valence-electron chi connectivity index (χ1n) is 7.21. The molecule has 0 aliphatic rings. The van der Waals surface area contributed by atoms with Crippen molar-refractivity contribution in [1.29, 1.82) is 0 Å². The Morgan fingerprint density at radius 3 is 2.64 bits per heavy atom. The molecular formula is C15H17N5O2. The fourth-order valence-electron chi connectivity index (χ4n) is 2.32. The van der Waals surface area contributed by atoms with Gasteiger partial charge in [-0.05, 0) is 19.8 Å². The van der Waals surface area contributed by atoms with Crippen molar-refractivity contribution in [3.63, 3.8) is 0 Å². The molecule has 0 atom stereocenters. The Morgan fingerprint density at radius 1 is 1.14 bits per heavy atom. The fourth-order valence-corrected chi connectivity index (χ4v) is 2.32. The SMILES string of the molecule is Cc1nc2n(CCCCO)nc(-c3ccccc3)c(=O)n2n1. The molecule has 0 saturated carbocycles. The summed E-state index contributed by atoms with van der Waals surface area (Å²) in [4.78, 5) is 16.8. The number of aromatic nitrogens is 5. The van der Waals surface area contributed by atoms with Crippen LogP contribution in [0.4, 0.5) is 0 Å². The molecular weight excluding hydrogens is 282 g/mol. The van der Waals surface area contributed by atoms with Crippen LogP contribution in [-0.4, -0.2) is 36.1 Å². The summed E-state index contributed by atoms with van der Waals surface area (Å²) in [5, 5.41) is 17.6. The lowest BCUT2D eigenvalue weighted by Gasteiger charge is -2.08. The molecule has 2 aromatic heterocycles. The van der Waals surface area contributed by atoms with Gasteiger partial charge < -0.3 is 5.11 Å². The number of unbranched alkanes of at least 4 members (excludes halogenated alkanes) is 1. The highest BCUT2D eigenvalue weighted by Gasteiger charge is 2.15. The number of benzene rings is 1. The van der Waals surface area contributed by atoms with E-state index in [1.807, 2.05) is 30.3 Å². The maximum atomic E-state index is 12.6. The van der Waals surface area contributed by atoms with Crippen LogP contribution in [0.15, 0.2) is 35.1 Å². The van der Waals surface area contributed by atoms with E-state index in [9.17, 15) is 4.79 Å². The van der Waals surface area contributed by atoms with Gasteiger partial charge in [-0.3, -0.25) is 4.79 Å². The van der Waals surface area contributed by atoms with Crippen molar-refractivity contribution in [3.05, 3.63) is 46.5 Å². The highest BCUT2D eigenvalue weighted by molar-refractivity contribution is 5.58. The number of aryl methyl sites for hydroxylation is 2. The number of fused-ring (bicyclic) bond motifs is 1. The van der Waals surface area contributed by atoms with E-state index in [0.29, 0.717) is 30.3 Å². The van der Waals surface area contributed by atoms with Crippen molar-refractivity contribution in [2.75, 3.05) is 6.61 Å². The van der Waals surface area contributed by atoms with E-state index in [1.165, 1.54) is 4.52 Å². The lowest BCUT2D eigenvalue weighted by Crippen LogP contribution is -2.24. The van der Waals surface area contributed by atoms with Gasteiger partial charge in [0.05, 0.1) is 0 Å². The van der Waals surface area contributed by atoms with Crippen molar-refractivity contribution in [2.24, 2.45) is 0 Å². The zero-order valence-corrected chi connectivity index (χ0v) is 12.3. The van der Waals surface area contributed by atoms with Crippen LogP contribution >= 0.6 is 0 Å². The number of aliphatic hydroxyl groups excluding tert-OH is 1. The number of rotatable bonds is 5. The molecule has 0 unspecified atom stereocenters. The lowest BCUT2D eigenvalue weighted by molar-refractivity contribution is 0.280. The third-order valence-electron chi connectivity index (χ3n) is 3.37. The zero-order valence-electron chi connectivity index (χ0n) is 12.3. The molecule has 0 radical (unpaired) electrons. The third-order valence-corrected chi connectivity index (χ3v) is 3.37. The van der Waals surface area contributed by atoms with Gasteiger partial charge in [-0.15, -0.1) is 5.10 Å². The first-order chi connectivity index (χ1) is 10.7. The number of hydrogen-bond donors (Lipinski definition) is 1. The van der Waals surface area contributed by atoms with Gasteiger partial charge in [0.1, 0.15) is 5.82 Å². The molecule has 7 heteroatoms. The summed E-state index contributed by atoms with van der Waals surface area (Å²) >= 11 is 0. The van der Waals surface area contributed by atoms with Gasteiger partial charge in [0, 0.05) is 18.7 Å². The summed E-state index contributed by atoms with van der Waals surface area (Å²) < 4.78 is 2.98. The fraction of sp³-hybridized carbons (Fsp3) is 0.333. The molecule has 0 aliphatic heterocycles. The summed E-state index contributed by atoms with van der Waals surface area (Å²) in [5.74, 6) is 0.958. The van der Waals surface area contributed by atoms with Gasteiger partial charge in [0.15, 0.2) is 5.69 Å². The average molecular weight is 299 g/mol. The first-order valence-corrected chi connectivity index (χ1v) is 7.21. The van der Waals surface area contributed by atoms with Crippen molar-refractivity contribution >= 4 is 5.78 Å². The van der Waals surface area contributed by atoms with E-state index in [2.05, 4.69) is 15.2 Å². The van der Waals surface area contributed by atoms with Gasteiger partial charge in [0.2, 0.25) is 0 Å². The minimum absolute atomic E-state index is 0.133. The molecule has 0 spiro atoms. The predicted octanol–water partition coefficient (Wildman–Crippen LogP) is 1.03. The van der Waals surface area contributed by atoms with Crippen LogP contribution < -0.4 is 5.56 Å². The minimum atomic E-state index is -0.278. The monoisotopic (exact) mass is 299 g/mol. The summed E-state index contributed by atoms with van der Waals surface area (Å²) in [5.41, 5.74) is 0.820. The van der Waals surface area contributed by atoms with Crippen LogP contribution in [0, 0.1) is 6.92 Å². The lowest BCUT2D eigenvalue weighted by atomic mass is 10.2. The molecule has 2 heterocycles. The van der Waals surface area contributed by atoms with Gasteiger partial charge in [-0.25, -0.2) is 4.68 Å². The van der Waals surface area contributed by atoms with Gasteiger partial charge in [0.25, 0.3) is 5.78 Å². The Kier molecular flexibility index (Phi) is 3.97. The molecule has 1 aromatic carbocycles. The molecule has 0 aliphatic carbocycles. The van der Waals surface area contributed by atoms with Crippen LogP contribution in [0.3, 0.4) is 0 Å². The molecule has 0 fully saturated rings. The van der Waals surface area contributed by atoms with Gasteiger partial charge >= 0.3 is 5.56 Å². The van der Waals surface area contributed by atoms with Gasteiger partial charge in [-0.1, -0.05) is 30.3 Å². The molecule has 3 rings (SSSR count). The van der Waals surface area contributed by atoms with E-state index < -0.39 is 0 Å². The summed E-state index contributed by atoms with van der Waals surface area (Å²) in [6.07, 6.45) is 1.43. The highest BCUT2D eigenvalue weighted by atomic mass is 16.2. The Bertz CT molecular complexity index is 838. The Hall–Kier alpha value is -2.54. The molecule has 22 heavy (non-hydrogen) atoms. The van der Waals surface area contributed by atoms with E-state index in [1.54, 1.807) is 11.6 Å². The topological polar surface area (TPSA) is 85.3 Å². The molecule has 1 N–H and O–H groups in total. The third kappa shape index (κ3) is 2.62. The van der Waals surface area contributed by atoms with E-state index in [0.717, 1.165) is 12.0 Å². The van der Waals surface area contributed by atoms with Crippen LogP contribution in [0.1, 0.15) is 18.7 Å². The smallest absolute Gasteiger partial charge is 0.302 e. The number of aliphatic hydroxyl groups is 1. The zero-order chi connectivity index (χ0) is 15.5. The van der Waals surface area contributed by atoms with Crippen LogP contribution in [0.2, 0.25) is 0 Å². The van der Waals surface area contributed by atoms with E-state index >= 15 is 0 Å². The van der Waals surface area contributed by atoms with Crippen LogP contribution in [-0.2, 0) is 6.54 Å². The highest BCUT2D eigenvalue weighted by Crippen LogP contribution is 2.13. The second-order valence-electron chi connectivity index (χ2n) is 5.04. The molecule has 0 amide bonds. The Morgan fingerprint density at radius 2 is 1.91 bits per heavy atom. The largest absolute Gasteiger partial charge is 0.396 e. The summed E-state index contributed by atoms with van der Waals surface area (Å²) in [6, 6.07) is 9.31. The van der Waals surface area contributed by atoms with Crippen LogP contribution in [0.25, 0.3) is 17.0 Å². The average Bonchev–Trinajstić information content (AvgIpc) is 2.93. The summed E-state index contributed by atoms with van der Waals surface area (Å²) in [6.45, 7) is 2.45. The standard InChI is InChI=1S/C15H17N5O2/c1-11-16-15-19(9-5-6-10-21)18-13(14(22)20(15)17-11)12-7-3-2-4-8-12/h2-4,7-8,21H,5-6,9-10H2,1H3. The van der Waals surface area contributed by atoms with Gasteiger partial charge in [-0.2, -0.15) is 14.6 Å². The minimum Gasteiger partial charge on any atom is -0.396 e. The number of hydrogen-bond acceptors (Lipinski definition) is 5. The van der Waals surface area contributed by atoms with Crippen molar-refractivity contribution in [1.82, 2.24) is 24.4 Å². The first kappa shape index (κ1) is 14.4. The Labute approximate surface area is 126 Å². The molecule has 3 aromatic rings. The second kappa shape index (κ2) is 6.07. The molecule has 114 valence electrons. The second-order valence-corrected chi connectivity index (χ2v) is 5.04. The van der Waals surface area contributed by atoms with E-state index in [4.69, 9.17) is 5.11 Å². The number of nitrogens with zero attached hydrogens (tertiary/aromatic N) is 5. The molecule has 0 saturated heterocycles. The predicted molar refractivity (Wildman–Crippen MR) is 81.5 cm³/mol. The quantitative estimate of drug-likeness (QED) is 0.711. The maximum Gasteiger partial charge on any atom is 0.302 e. The Balaban J connectivity index is 2.17. The van der Waals surface area contributed by atoms with Crippen molar-refractivity contribution in [3.8, 4) is 11.3 Å². The normalized spacial score (nSPS) is 11.2. The van der Waals surface area contributed by atoms with E-state index in [-0.39, 0.29) is 12.2 Å². The molecule has 7 nitrogen and oxygen atoms in total. The summed E-state index contributed by atoms with van der Waals surface area (Å²) in [7, 11) is 0. The van der Waals surface area contributed by atoms with Crippen molar-refractivity contribution in [2.45, 2.75) is 26.3 Å².